The molecule has 0 saturated heterocycles. The van der Waals surface area contributed by atoms with E-state index in [0.29, 0.717) is 0 Å². The number of nitrogens with one attached hydrogen (secondary N) is 1. The highest BCUT2D eigenvalue weighted by Gasteiger charge is 2.62. The van der Waals surface area contributed by atoms with Gasteiger partial charge in [-0.15, -0.1) is 0 Å². The number of carbonyl (C=O) groups excluding carboxylic acids is 2. The fraction of sp³-hybridized carbons (Fsp3) is 0.333. The number of carbonyl (C=O) groups is 2. The Morgan fingerprint density at radius 2 is 1.90 bits per heavy atom. The number of halogens is 4. The van der Waals surface area contributed by atoms with Crippen LogP contribution in [0.25, 0.3) is 0 Å². The fourth-order valence-corrected chi connectivity index (χ4v) is 1.57. The Hall–Kier alpha value is -1.80. The molecule has 1 aromatic rings. The number of hydrogen-bond donors (Lipinski definition) is 2. The van der Waals surface area contributed by atoms with Crippen LogP contribution in [0.2, 0.25) is 5.02 Å². The molecule has 0 bridgehead atoms. The van der Waals surface area contributed by atoms with Crippen LogP contribution in [-0.2, 0) is 9.53 Å². The van der Waals surface area contributed by atoms with Crippen molar-refractivity contribution in [3.05, 3.63) is 34.9 Å². The number of rotatable bonds is 4. The minimum atomic E-state index is -5.46. The van der Waals surface area contributed by atoms with Crippen molar-refractivity contribution in [1.82, 2.24) is 5.32 Å². The third kappa shape index (κ3) is 3.64. The monoisotopic (exact) mass is 325 g/mol. The normalized spacial score (nSPS) is 14.2. The van der Waals surface area contributed by atoms with Crippen molar-refractivity contribution < 1.29 is 32.6 Å². The van der Waals surface area contributed by atoms with E-state index in [2.05, 4.69) is 4.74 Å². The average molecular weight is 326 g/mol. The molecular formula is C12H11ClF3NO4. The molecule has 0 aliphatic rings. The van der Waals surface area contributed by atoms with Gasteiger partial charge in [-0.05, 0) is 19.1 Å². The van der Waals surface area contributed by atoms with Crippen molar-refractivity contribution in [1.29, 1.82) is 0 Å². The molecule has 9 heteroatoms. The number of esters is 1. The van der Waals surface area contributed by atoms with Crippen molar-refractivity contribution in [3.8, 4) is 0 Å². The zero-order valence-electron chi connectivity index (χ0n) is 10.7. The van der Waals surface area contributed by atoms with Crippen molar-refractivity contribution in [2.45, 2.75) is 18.8 Å². The summed E-state index contributed by atoms with van der Waals surface area (Å²) in [5.41, 5.74) is -4.48. The van der Waals surface area contributed by atoms with Gasteiger partial charge in [0.1, 0.15) is 0 Å². The molecule has 1 rings (SSSR count). The molecule has 5 nitrogen and oxygen atoms in total. The minimum absolute atomic E-state index is 0.136. The molecule has 0 heterocycles. The summed E-state index contributed by atoms with van der Waals surface area (Å²) in [6.07, 6.45) is -5.46. The van der Waals surface area contributed by atoms with E-state index >= 15 is 0 Å². The summed E-state index contributed by atoms with van der Waals surface area (Å²) in [7, 11) is 0. The molecule has 0 spiro atoms. The van der Waals surface area contributed by atoms with Crippen LogP contribution in [0.15, 0.2) is 24.3 Å². The number of ether oxygens (including phenoxy) is 1. The molecule has 0 aliphatic carbocycles. The topological polar surface area (TPSA) is 75.6 Å². The zero-order valence-corrected chi connectivity index (χ0v) is 11.5. The first-order valence-corrected chi connectivity index (χ1v) is 6.04. The van der Waals surface area contributed by atoms with E-state index in [1.54, 1.807) is 0 Å². The van der Waals surface area contributed by atoms with E-state index < -0.39 is 30.4 Å². The predicted octanol–water partition coefficient (Wildman–Crippen LogP) is 1.88. The zero-order chi connectivity index (χ0) is 16.3. The Morgan fingerprint density at radius 3 is 2.38 bits per heavy atom. The molecule has 116 valence electrons. The largest absolute Gasteiger partial charge is 0.462 e. The first-order chi connectivity index (χ1) is 9.63. The van der Waals surface area contributed by atoms with Gasteiger partial charge in [0.2, 0.25) is 0 Å². The fourth-order valence-electron chi connectivity index (χ4n) is 1.35. The maximum absolute atomic E-state index is 12.9. The van der Waals surface area contributed by atoms with Crippen LogP contribution < -0.4 is 5.32 Å². The van der Waals surface area contributed by atoms with E-state index in [0.717, 1.165) is 6.07 Å². The average Bonchev–Trinajstić information content (AvgIpc) is 2.37. The Morgan fingerprint density at radius 1 is 1.33 bits per heavy atom. The summed E-state index contributed by atoms with van der Waals surface area (Å²) in [5.74, 6) is -3.40. The molecule has 1 aromatic carbocycles. The minimum Gasteiger partial charge on any atom is -0.462 e. The summed E-state index contributed by atoms with van der Waals surface area (Å²) in [4.78, 5) is 23.1. The summed E-state index contributed by atoms with van der Waals surface area (Å²) in [5, 5.41) is 10.6. The second kappa shape index (κ2) is 6.31. The van der Waals surface area contributed by atoms with Crippen LogP contribution in [0.4, 0.5) is 13.2 Å². The number of aliphatic hydroxyl groups is 1. The highest BCUT2D eigenvalue weighted by molar-refractivity contribution is 6.33. The molecule has 1 unspecified atom stereocenters. The van der Waals surface area contributed by atoms with E-state index in [9.17, 15) is 27.9 Å². The van der Waals surface area contributed by atoms with Crippen molar-refractivity contribution in [2.75, 3.05) is 6.61 Å². The summed E-state index contributed by atoms with van der Waals surface area (Å²) in [6.45, 7) is 0.851. The first kappa shape index (κ1) is 17.3. The Kier molecular flexibility index (Phi) is 5.19. The van der Waals surface area contributed by atoms with Gasteiger partial charge in [-0.3, -0.25) is 4.79 Å². The summed E-state index contributed by atoms with van der Waals surface area (Å²) < 4.78 is 42.7. The van der Waals surface area contributed by atoms with Gasteiger partial charge < -0.3 is 15.2 Å². The van der Waals surface area contributed by atoms with E-state index in [1.165, 1.54) is 30.4 Å². The Balaban J connectivity index is 3.11. The van der Waals surface area contributed by atoms with Gasteiger partial charge in [-0.1, -0.05) is 23.7 Å². The third-order valence-electron chi connectivity index (χ3n) is 2.39. The Labute approximate surface area is 122 Å². The first-order valence-electron chi connectivity index (χ1n) is 5.67. The van der Waals surface area contributed by atoms with Crippen molar-refractivity contribution >= 4 is 23.5 Å². The lowest BCUT2D eigenvalue weighted by Crippen LogP contribution is -2.64. The highest BCUT2D eigenvalue weighted by Crippen LogP contribution is 2.30. The molecule has 2 N–H and O–H groups in total. The SMILES string of the molecule is CCOC(=O)C(O)(NC(=O)c1ccccc1Cl)C(F)(F)F. The lowest BCUT2D eigenvalue weighted by atomic mass is 10.1. The maximum atomic E-state index is 12.9. The summed E-state index contributed by atoms with van der Waals surface area (Å²) >= 11 is 5.66. The van der Waals surface area contributed by atoms with Crippen LogP contribution in [0.5, 0.6) is 0 Å². The van der Waals surface area contributed by atoms with Crippen molar-refractivity contribution in [2.24, 2.45) is 0 Å². The summed E-state index contributed by atoms with van der Waals surface area (Å²) in [6, 6.07) is 5.23. The molecule has 0 radical (unpaired) electrons. The predicted molar refractivity (Wildman–Crippen MR) is 66.6 cm³/mol. The van der Waals surface area contributed by atoms with E-state index in [4.69, 9.17) is 11.6 Å². The number of hydrogen-bond acceptors (Lipinski definition) is 4. The molecule has 0 aromatic heterocycles. The second-order valence-corrected chi connectivity index (χ2v) is 4.27. The Bertz CT molecular complexity index is 550. The van der Waals surface area contributed by atoms with Gasteiger partial charge in [0.05, 0.1) is 17.2 Å². The van der Waals surface area contributed by atoms with Crippen LogP contribution >= 0.6 is 11.6 Å². The molecule has 0 saturated carbocycles. The van der Waals surface area contributed by atoms with Crippen molar-refractivity contribution in [3.63, 3.8) is 0 Å². The van der Waals surface area contributed by atoms with Gasteiger partial charge in [-0.25, -0.2) is 4.79 Å². The highest BCUT2D eigenvalue weighted by atomic mass is 35.5. The van der Waals surface area contributed by atoms with Gasteiger partial charge in [0, 0.05) is 0 Å². The van der Waals surface area contributed by atoms with Gasteiger partial charge in [0.15, 0.2) is 0 Å². The van der Waals surface area contributed by atoms with Gasteiger partial charge in [0.25, 0.3) is 5.91 Å². The molecule has 0 aliphatic heterocycles. The molecule has 0 fully saturated rings. The molecule has 21 heavy (non-hydrogen) atoms. The molecule has 1 atom stereocenters. The quantitative estimate of drug-likeness (QED) is 0.655. The van der Waals surface area contributed by atoms with E-state index in [-0.39, 0.29) is 10.6 Å². The van der Waals surface area contributed by atoms with Crippen LogP contribution in [0, 0.1) is 0 Å². The van der Waals surface area contributed by atoms with Crippen LogP contribution in [0.3, 0.4) is 0 Å². The lowest BCUT2D eigenvalue weighted by Gasteiger charge is -2.28. The van der Waals surface area contributed by atoms with Gasteiger partial charge >= 0.3 is 17.9 Å². The standard InChI is InChI=1S/C12H11ClF3NO4/c1-2-21-10(19)11(20,12(14,15)16)17-9(18)7-5-3-4-6-8(7)13/h3-6,20H,2H2,1H3,(H,17,18). The van der Waals surface area contributed by atoms with Gasteiger partial charge in [-0.2, -0.15) is 13.2 Å². The second-order valence-electron chi connectivity index (χ2n) is 3.86. The number of benzene rings is 1. The number of alkyl halides is 3. The third-order valence-corrected chi connectivity index (χ3v) is 2.72. The molecular weight excluding hydrogens is 315 g/mol. The van der Waals surface area contributed by atoms with E-state index in [1.807, 2.05) is 0 Å². The van der Waals surface area contributed by atoms with Crippen LogP contribution in [-0.4, -0.2) is 35.5 Å². The maximum Gasteiger partial charge on any atom is 0.448 e. The molecule has 1 amide bonds. The lowest BCUT2D eigenvalue weighted by molar-refractivity contribution is -0.269. The smallest absolute Gasteiger partial charge is 0.448 e. The van der Waals surface area contributed by atoms with Crippen LogP contribution in [0.1, 0.15) is 17.3 Å². The number of amides is 1.